The van der Waals surface area contributed by atoms with E-state index in [0.717, 1.165) is 23.4 Å². The monoisotopic (exact) mass is 269 g/mol. The summed E-state index contributed by atoms with van der Waals surface area (Å²) in [5, 5.41) is 3.28. The lowest BCUT2D eigenvalue weighted by Crippen LogP contribution is -2.15. The van der Waals surface area contributed by atoms with Crippen LogP contribution in [0.2, 0.25) is 0 Å². The first-order valence-corrected chi connectivity index (χ1v) is 6.69. The van der Waals surface area contributed by atoms with E-state index < -0.39 is 0 Å². The van der Waals surface area contributed by atoms with E-state index in [9.17, 15) is 4.39 Å². The van der Waals surface area contributed by atoms with Crippen LogP contribution in [0.3, 0.4) is 0 Å². The largest absolute Gasteiger partial charge is 0.489 e. The Hall–Kier alpha value is -2.13. The lowest BCUT2D eigenvalue weighted by atomic mass is 10.1. The van der Waals surface area contributed by atoms with Gasteiger partial charge in [-0.15, -0.1) is 0 Å². The summed E-state index contributed by atoms with van der Waals surface area (Å²) in [6, 6.07) is 14.6. The summed E-state index contributed by atoms with van der Waals surface area (Å²) >= 11 is 0. The fourth-order valence-corrected chi connectivity index (χ4v) is 2.31. The number of hydrogen-bond donors (Lipinski definition) is 1. The molecule has 0 aromatic heterocycles. The molecule has 3 rings (SSSR count). The maximum atomic E-state index is 13.5. The zero-order valence-electron chi connectivity index (χ0n) is 11.1. The molecule has 2 aromatic carbocycles. The zero-order chi connectivity index (χ0) is 13.8. The van der Waals surface area contributed by atoms with E-state index in [4.69, 9.17) is 4.74 Å². The Morgan fingerprint density at radius 3 is 2.75 bits per heavy atom. The fraction of sp³-hybridized carbons (Fsp3) is 0.176. The van der Waals surface area contributed by atoms with E-state index in [2.05, 4.69) is 5.32 Å². The van der Waals surface area contributed by atoms with Gasteiger partial charge in [0.1, 0.15) is 18.2 Å². The highest BCUT2D eigenvalue weighted by molar-refractivity contribution is 5.39. The van der Waals surface area contributed by atoms with Gasteiger partial charge in [0.2, 0.25) is 0 Å². The van der Waals surface area contributed by atoms with Crippen molar-refractivity contribution in [3.05, 3.63) is 77.6 Å². The van der Waals surface area contributed by atoms with E-state index in [-0.39, 0.29) is 11.9 Å². The molecule has 1 aliphatic heterocycles. The highest BCUT2D eigenvalue weighted by atomic mass is 19.1. The molecule has 0 fully saturated rings. The number of ether oxygens (including phenoxy) is 1. The maximum absolute atomic E-state index is 13.5. The molecule has 0 radical (unpaired) electrons. The molecule has 0 bridgehead atoms. The fourth-order valence-electron chi connectivity index (χ4n) is 2.31. The van der Waals surface area contributed by atoms with Crippen LogP contribution in [0, 0.1) is 5.82 Å². The molecule has 3 heteroatoms. The van der Waals surface area contributed by atoms with Crippen LogP contribution in [0.25, 0.3) is 0 Å². The summed E-state index contributed by atoms with van der Waals surface area (Å²) < 4.78 is 19.3. The van der Waals surface area contributed by atoms with Crippen LogP contribution in [-0.2, 0) is 6.61 Å². The molecule has 1 N–H and O–H groups in total. The molecule has 102 valence electrons. The Morgan fingerprint density at radius 1 is 1.15 bits per heavy atom. The van der Waals surface area contributed by atoms with Crippen molar-refractivity contribution in [2.75, 3.05) is 6.54 Å². The molecule has 1 aliphatic rings. The van der Waals surface area contributed by atoms with Crippen molar-refractivity contribution in [3.63, 3.8) is 0 Å². The third-order valence-electron chi connectivity index (χ3n) is 3.33. The number of rotatable bonds is 4. The van der Waals surface area contributed by atoms with Crippen molar-refractivity contribution in [3.8, 4) is 5.75 Å². The minimum atomic E-state index is -0.242. The molecule has 1 unspecified atom stereocenters. The van der Waals surface area contributed by atoms with Gasteiger partial charge in [0.05, 0.1) is 6.04 Å². The van der Waals surface area contributed by atoms with Gasteiger partial charge in [0.25, 0.3) is 0 Å². The Kier molecular flexibility index (Phi) is 3.79. The lowest BCUT2D eigenvalue weighted by Gasteiger charge is -2.16. The molecule has 1 atom stereocenters. The average molecular weight is 269 g/mol. The van der Waals surface area contributed by atoms with Crippen LogP contribution in [0.15, 0.2) is 60.7 Å². The first kappa shape index (κ1) is 12.9. The minimum Gasteiger partial charge on any atom is -0.489 e. The summed E-state index contributed by atoms with van der Waals surface area (Å²) in [5.74, 6) is 0.480. The van der Waals surface area contributed by atoms with Crippen LogP contribution in [0.4, 0.5) is 4.39 Å². The van der Waals surface area contributed by atoms with Crippen LogP contribution in [0.5, 0.6) is 5.75 Å². The van der Waals surface area contributed by atoms with E-state index in [1.54, 1.807) is 6.07 Å². The second-order valence-corrected chi connectivity index (χ2v) is 4.77. The standard InChI is InChI=1S/C17H16FNO/c18-14-8-9-17(15(11-14)16-7-4-10-19-16)20-12-13-5-2-1-3-6-13/h1-9,11,16,19H,10,12H2. The summed E-state index contributed by atoms with van der Waals surface area (Å²) in [5.41, 5.74) is 1.94. The van der Waals surface area contributed by atoms with E-state index >= 15 is 0 Å². The van der Waals surface area contributed by atoms with E-state index in [1.165, 1.54) is 12.1 Å². The normalized spacial score (nSPS) is 17.4. The number of halogens is 1. The minimum absolute atomic E-state index is 0.0245. The van der Waals surface area contributed by atoms with Crippen molar-refractivity contribution < 1.29 is 9.13 Å². The van der Waals surface area contributed by atoms with E-state index in [1.807, 2.05) is 42.5 Å². The average Bonchev–Trinajstić information content (AvgIpc) is 3.01. The molecule has 1 heterocycles. The van der Waals surface area contributed by atoms with Crippen LogP contribution >= 0.6 is 0 Å². The SMILES string of the molecule is Fc1ccc(OCc2ccccc2)c(C2C=CCN2)c1. The van der Waals surface area contributed by atoms with Gasteiger partial charge in [0, 0.05) is 12.1 Å². The quantitative estimate of drug-likeness (QED) is 0.856. The van der Waals surface area contributed by atoms with E-state index in [0.29, 0.717) is 6.61 Å². The predicted octanol–water partition coefficient (Wildman–Crippen LogP) is 3.61. The van der Waals surface area contributed by atoms with Crippen LogP contribution in [0.1, 0.15) is 17.2 Å². The molecule has 20 heavy (non-hydrogen) atoms. The Bertz CT molecular complexity index is 610. The second-order valence-electron chi connectivity index (χ2n) is 4.77. The molecule has 0 saturated carbocycles. The highest BCUT2D eigenvalue weighted by Crippen LogP contribution is 2.29. The van der Waals surface area contributed by atoms with Gasteiger partial charge in [-0.2, -0.15) is 0 Å². The summed E-state index contributed by atoms with van der Waals surface area (Å²) in [6.45, 7) is 1.29. The topological polar surface area (TPSA) is 21.3 Å². The van der Waals surface area contributed by atoms with Gasteiger partial charge in [-0.05, 0) is 23.8 Å². The Labute approximate surface area is 117 Å². The third kappa shape index (κ3) is 2.89. The summed E-state index contributed by atoms with van der Waals surface area (Å²) in [7, 11) is 0. The van der Waals surface area contributed by atoms with Crippen molar-refractivity contribution in [1.29, 1.82) is 0 Å². The number of nitrogens with one attached hydrogen (secondary N) is 1. The number of benzene rings is 2. The molecule has 0 spiro atoms. The Morgan fingerprint density at radius 2 is 2.00 bits per heavy atom. The highest BCUT2D eigenvalue weighted by Gasteiger charge is 2.16. The van der Waals surface area contributed by atoms with Gasteiger partial charge in [-0.1, -0.05) is 42.5 Å². The lowest BCUT2D eigenvalue weighted by molar-refractivity contribution is 0.300. The summed E-state index contributed by atoms with van der Waals surface area (Å²) in [4.78, 5) is 0. The van der Waals surface area contributed by atoms with Gasteiger partial charge < -0.3 is 10.1 Å². The molecular weight excluding hydrogens is 253 g/mol. The molecule has 0 aliphatic carbocycles. The summed E-state index contributed by atoms with van der Waals surface area (Å²) in [6.07, 6.45) is 4.07. The Balaban J connectivity index is 1.80. The molecular formula is C17H16FNO. The van der Waals surface area contributed by atoms with Crippen molar-refractivity contribution in [2.24, 2.45) is 0 Å². The van der Waals surface area contributed by atoms with Gasteiger partial charge in [0.15, 0.2) is 0 Å². The van der Waals surface area contributed by atoms with Gasteiger partial charge in [-0.3, -0.25) is 0 Å². The molecule has 0 saturated heterocycles. The molecule has 2 nitrogen and oxygen atoms in total. The second kappa shape index (κ2) is 5.88. The van der Waals surface area contributed by atoms with Gasteiger partial charge >= 0.3 is 0 Å². The number of hydrogen-bond acceptors (Lipinski definition) is 2. The smallest absolute Gasteiger partial charge is 0.125 e. The van der Waals surface area contributed by atoms with Crippen molar-refractivity contribution in [2.45, 2.75) is 12.6 Å². The van der Waals surface area contributed by atoms with Gasteiger partial charge in [-0.25, -0.2) is 4.39 Å². The predicted molar refractivity (Wildman–Crippen MR) is 77.1 cm³/mol. The maximum Gasteiger partial charge on any atom is 0.125 e. The zero-order valence-corrected chi connectivity index (χ0v) is 11.1. The molecule has 0 amide bonds. The van der Waals surface area contributed by atoms with Crippen molar-refractivity contribution >= 4 is 0 Å². The third-order valence-corrected chi connectivity index (χ3v) is 3.33. The molecule has 2 aromatic rings. The van der Waals surface area contributed by atoms with Crippen LogP contribution in [-0.4, -0.2) is 6.54 Å². The first-order valence-electron chi connectivity index (χ1n) is 6.69. The van der Waals surface area contributed by atoms with Crippen LogP contribution < -0.4 is 10.1 Å². The first-order chi connectivity index (χ1) is 9.83. The van der Waals surface area contributed by atoms with Crippen molar-refractivity contribution in [1.82, 2.24) is 5.32 Å².